The number of carbonyl (C=O) groups excluding carboxylic acids is 2. The van der Waals surface area contributed by atoms with Crippen molar-refractivity contribution >= 4 is 23.1 Å². The molecule has 1 unspecified atom stereocenters. The lowest BCUT2D eigenvalue weighted by Gasteiger charge is -2.27. The fourth-order valence-electron chi connectivity index (χ4n) is 4.77. The van der Waals surface area contributed by atoms with E-state index < -0.39 is 17.7 Å². The Morgan fingerprint density at radius 2 is 1.53 bits per heavy atom. The second-order valence-corrected chi connectivity index (χ2v) is 8.92. The summed E-state index contributed by atoms with van der Waals surface area (Å²) in [6.45, 7) is 6.08. The van der Waals surface area contributed by atoms with Crippen LogP contribution >= 0.6 is 0 Å². The maximum atomic E-state index is 13.6. The smallest absolute Gasteiger partial charge is 0.300 e. The minimum absolute atomic E-state index is 0.0646. The van der Waals surface area contributed by atoms with E-state index in [1.54, 1.807) is 36.4 Å². The van der Waals surface area contributed by atoms with Crippen LogP contribution in [0, 0.1) is 13.8 Å². The Labute approximate surface area is 222 Å². The zero-order chi connectivity index (χ0) is 27.6. The average Bonchev–Trinajstić information content (AvgIpc) is 3.17. The van der Waals surface area contributed by atoms with Crippen LogP contribution < -0.4 is 23.8 Å². The summed E-state index contributed by atoms with van der Waals surface area (Å²) in [7, 11) is 4.51. The third-order valence-corrected chi connectivity index (χ3v) is 6.40. The van der Waals surface area contributed by atoms with Crippen LogP contribution in [0.1, 0.15) is 35.2 Å². The van der Waals surface area contributed by atoms with E-state index in [-0.39, 0.29) is 16.9 Å². The second kappa shape index (κ2) is 10.9. The van der Waals surface area contributed by atoms with Gasteiger partial charge in [0.25, 0.3) is 11.7 Å². The summed E-state index contributed by atoms with van der Waals surface area (Å²) in [5.74, 6) is -0.129. The van der Waals surface area contributed by atoms with Crippen LogP contribution in [0.5, 0.6) is 23.0 Å². The number of aliphatic hydroxyl groups is 1. The van der Waals surface area contributed by atoms with Crippen LogP contribution in [-0.4, -0.2) is 44.7 Å². The highest BCUT2D eigenvalue weighted by Crippen LogP contribution is 2.45. The molecule has 0 aliphatic carbocycles. The van der Waals surface area contributed by atoms with E-state index in [4.69, 9.17) is 18.9 Å². The Hall–Kier alpha value is -4.46. The van der Waals surface area contributed by atoms with Gasteiger partial charge >= 0.3 is 0 Å². The lowest BCUT2D eigenvalue weighted by Crippen LogP contribution is -2.29. The SMILES string of the molecule is CCOc1cc(C2/C(=C(\O)c3ccc(OC)cc3OC)C(=O)C(=O)N2c2cc(C)cc(C)c2)ccc1OC. The largest absolute Gasteiger partial charge is 0.507 e. The predicted octanol–water partition coefficient (Wildman–Crippen LogP) is 5.35. The molecule has 38 heavy (non-hydrogen) atoms. The molecule has 1 saturated heterocycles. The minimum atomic E-state index is -0.937. The fourth-order valence-corrected chi connectivity index (χ4v) is 4.77. The summed E-state index contributed by atoms with van der Waals surface area (Å²) in [5.41, 5.74) is 3.18. The Bertz CT molecular complexity index is 1410. The van der Waals surface area contributed by atoms with Gasteiger partial charge in [0, 0.05) is 11.8 Å². The summed E-state index contributed by atoms with van der Waals surface area (Å²) in [4.78, 5) is 28.6. The second-order valence-electron chi connectivity index (χ2n) is 8.92. The number of aryl methyl sites for hydroxylation is 2. The number of methoxy groups -OCH3 is 3. The van der Waals surface area contributed by atoms with Gasteiger partial charge in [-0.3, -0.25) is 14.5 Å². The van der Waals surface area contributed by atoms with Gasteiger partial charge in [0.05, 0.1) is 45.1 Å². The van der Waals surface area contributed by atoms with E-state index in [0.29, 0.717) is 40.9 Å². The van der Waals surface area contributed by atoms with Crippen LogP contribution in [0.15, 0.2) is 60.2 Å². The van der Waals surface area contributed by atoms with Gasteiger partial charge in [0.15, 0.2) is 11.5 Å². The zero-order valence-electron chi connectivity index (χ0n) is 22.3. The van der Waals surface area contributed by atoms with E-state index in [2.05, 4.69) is 0 Å². The molecular formula is C30H31NO7. The number of anilines is 1. The standard InChI is InChI=1S/C30H31NO7/c1-7-38-25-15-19(8-11-23(25)36-5)27-26(28(32)22-10-9-21(35-4)16-24(22)37-6)29(33)30(34)31(27)20-13-17(2)12-18(3)14-20/h8-16,27,32H,7H2,1-6H3/b28-26+. The summed E-state index contributed by atoms with van der Waals surface area (Å²) < 4.78 is 22.0. The van der Waals surface area contributed by atoms with E-state index in [0.717, 1.165) is 11.1 Å². The van der Waals surface area contributed by atoms with E-state index >= 15 is 0 Å². The monoisotopic (exact) mass is 517 g/mol. The number of Topliss-reactive ketones (excluding diaryl/α,β-unsaturated/α-hetero) is 1. The number of hydrogen-bond acceptors (Lipinski definition) is 7. The molecule has 1 N–H and O–H groups in total. The molecule has 0 spiro atoms. The molecular weight excluding hydrogens is 486 g/mol. The molecule has 1 amide bonds. The van der Waals surface area contributed by atoms with Crippen molar-refractivity contribution in [3.63, 3.8) is 0 Å². The van der Waals surface area contributed by atoms with Crippen molar-refractivity contribution in [2.45, 2.75) is 26.8 Å². The number of amides is 1. The van der Waals surface area contributed by atoms with Crippen molar-refractivity contribution in [3.05, 3.63) is 82.4 Å². The molecule has 0 bridgehead atoms. The average molecular weight is 518 g/mol. The number of nitrogens with zero attached hydrogens (tertiary/aromatic N) is 1. The molecule has 3 aromatic rings. The summed E-state index contributed by atoms with van der Waals surface area (Å²) in [6.07, 6.45) is 0. The van der Waals surface area contributed by atoms with Gasteiger partial charge in [0.2, 0.25) is 0 Å². The van der Waals surface area contributed by atoms with Crippen molar-refractivity contribution in [3.8, 4) is 23.0 Å². The number of rotatable bonds is 8. The minimum Gasteiger partial charge on any atom is -0.507 e. The molecule has 0 radical (unpaired) electrons. The normalized spacial score (nSPS) is 16.5. The number of ether oxygens (including phenoxy) is 4. The summed E-state index contributed by atoms with van der Waals surface area (Å²) in [5, 5.41) is 11.6. The lowest BCUT2D eigenvalue weighted by molar-refractivity contribution is -0.132. The van der Waals surface area contributed by atoms with E-state index in [9.17, 15) is 14.7 Å². The molecule has 0 saturated carbocycles. The van der Waals surface area contributed by atoms with Crippen LogP contribution in [-0.2, 0) is 9.59 Å². The Morgan fingerprint density at radius 3 is 2.13 bits per heavy atom. The molecule has 1 heterocycles. The molecule has 0 aromatic heterocycles. The third kappa shape index (κ3) is 4.77. The molecule has 198 valence electrons. The first-order valence-electron chi connectivity index (χ1n) is 12.2. The maximum absolute atomic E-state index is 13.6. The van der Waals surface area contributed by atoms with Crippen LogP contribution in [0.25, 0.3) is 5.76 Å². The van der Waals surface area contributed by atoms with Gasteiger partial charge in [-0.25, -0.2) is 0 Å². The first kappa shape index (κ1) is 26.6. The Balaban J connectivity index is 2.01. The molecule has 1 atom stereocenters. The Morgan fingerprint density at radius 1 is 0.842 bits per heavy atom. The maximum Gasteiger partial charge on any atom is 0.300 e. The van der Waals surface area contributed by atoms with Gasteiger partial charge in [-0.15, -0.1) is 0 Å². The molecule has 1 aliphatic rings. The number of carbonyl (C=O) groups is 2. The third-order valence-electron chi connectivity index (χ3n) is 6.40. The van der Waals surface area contributed by atoms with Gasteiger partial charge in [0.1, 0.15) is 17.3 Å². The van der Waals surface area contributed by atoms with Crippen LogP contribution in [0.4, 0.5) is 5.69 Å². The number of benzene rings is 3. The first-order chi connectivity index (χ1) is 18.2. The van der Waals surface area contributed by atoms with Gasteiger partial charge in [-0.05, 0) is 73.9 Å². The topological polar surface area (TPSA) is 94.5 Å². The predicted molar refractivity (Wildman–Crippen MR) is 144 cm³/mol. The highest BCUT2D eigenvalue weighted by atomic mass is 16.5. The molecule has 8 nitrogen and oxygen atoms in total. The van der Waals surface area contributed by atoms with E-state index in [1.807, 2.05) is 39.0 Å². The van der Waals surface area contributed by atoms with Crippen molar-refractivity contribution in [2.75, 3.05) is 32.8 Å². The summed E-state index contributed by atoms with van der Waals surface area (Å²) >= 11 is 0. The summed E-state index contributed by atoms with van der Waals surface area (Å²) in [6, 6.07) is 14.8. The highest BCUT2D eigenvalue weighted by Gasteiger charge is 2.47. The zero-order valence-corrected chi connectivity index (χ0v) is 22.3. The van der Waals surface area contributed by atoms with Crippen molar-refractivity contribution in [2.24, 2.45) is 0 Å². The van der Waals surface area contributed by atoms with Crippen LogP contribution in [0.3, 0.4) is 0 Å². The van der Waals surface area contributed by atoms with Crippen molar-refractivity contribution < 1.29 is 33.6 Å². The van der Waals surface area contributed by atoms with Gasteiger partial charge < -0.3 is 24.1 Å². The molecule has 4 rings (SSSR count). The van der Waals surface area contributed by atoms with Crippen LogP contribution in [0.2, 0.25) is 0 Å². The molecule has 8 heteroatoms. The number of ketones is 1. The quantitative estimate of drug-likeness (QED) is 0.244. The van der Waals surface area contributed by atoms with Gasteiger partial charge in [-0.1, -0.05) is 12.1 Å². The first-order valence-corrected chi connectivity index (χ1v) is 12.2. The lowest BCUT2D eigenvalue weighted by atomic mass is 9.94. The molecule has 3 aromatic carbocycles. The molecule has 1 aliphatic heterocycles. The van der Waals surface area contributed by atoms with Crippen molar-refractivity contribution in [1.29, 1.82) is 0 Å². The number of aliphatic hydroxyl groups excluding tert-OH is 1. The fraction of sp³-hybridized carbons (Fsp3) is 0.267. The Kier molecular flexibility index (Phi) is 7.62. The van der Waals surface area contributed by atoms with Gasteiger partial charge in [-0.2, -0.15) is 0 Å². The van der Waals surface area contributed by atoms with E-state index in [1.165, 1.54) is 26.2 Å². The molecule has 1 fully saturated rings. The highest BCUT2D eigenvalue weighted by molar-refractivity contribution is 6.51. The number of hydrogen-bond donors (Lipinski definition) is 1. The van der Waals surface area contributed by atoms with Crippen molar-refractivity contribution in [1.82, 2.24) is 0 Å².